The molecule has 0 saturated heterocycles. The number of benzene rings is 3. The molecule has 1 atom stereocenters. The Balaban J connectivity index is 1.61. The van der Waals surface area contributed by atoms with Crippen molar-refractivity contribution in [2.24, 2.45) is 4.99 Å². The zero-order chi connectivity index (χ0) is 25.3. The molecule has 1 aromatic heterocycles. The van der Waals surface area contributed by atoms with Crippen molar-refractivity contribution in [3.63, 3.8) is 0 Å². The molecule has 3 aromatic carbocycles. The zero-order valence-electron chi connectivity index (χ0n) is 20.0. The van der Waals surface area contributed by atoms with Gasteiger partial charge in [0.2, 0.25) is 11.6 Å². The van der Waals surface area contributed by atoms with Crippen LogP contribution < -0.4 is 0 Å². The van der Waals surface area contributed by atoms with E-state index in [1.807, 2.05) is 18.2 Å². The summed E-state index contributed by atoms with van der Waals surface area (Å²) in [7, 11) is 0. The van der Waals surface area contributed by atoms with Crippen LogP contribution in [0.4, 0.5) is 11.4 Å². The minimum atomic E-state index is -0.643. The number of phenols is 1. The highest BCUT2D eigenvalue weighted by atomic mass is 35.5. The number of nitro benzene ring substituents is 1. The lowest BCUT2D eigenvalue weighted by Crippen LogP contribution is -1.99. The van der Waals surface area contributed by atoms with Crippen molar-refractivity contribution in [1.82, 2.24) is 4.98 Å². The van der Waals surface area contributed by atoms with Crippen molar-refractivity contribution in [3.8, 4) is 17.2 Å². The number of nitro groups is 1. The molecule has 1 N–H and O–H groups in total. The molecule has 0 saturated carbocycles. The smallest absolute Gasteiger partial charge is 0.315 e. The van der Waals surface area contributed by atoms with E-state index in [0.717, 1.165) is 29.5 Å². The van der Waals surface area contributed by atoms with Crippen LogP contribution in [-0.4, -0.2) is 21.2 Å². The molecule has 4 aromatic rings. The van der Waals surface area contributed by atoms with Gasteiger partial charge in [-0.25, -0.2) is 4.98 Å². The summed E-state index contributed by atoms with van der Waals surface area (Å²) in [5, 5.41) is 22.1. The molecule has 0 aliphatic rings. The van der Waals surface area contributed by atoms with E-state index in [1.165, 1.54) is 18.7 Å². The quantitative estimate of drug-likeness (QED) is 0.160. The number of aliphatic imine (C=N–C) groups is 1. The fraction of sp³-hybridized carbons (Fsp3) is 0.259. The lowest BCUT2D eigenvalue weighted by molar-refractivity contribution is -0.386. The van der Waals surface area contributed by atoms with Gasteiger partial charge in [0, 0.05) is 22.9 Å². The van der Waals surface area contributed by atoms with Crippen LogP contribution in [-0.2, 0) is 0 Å². The SMILES string of the molecule is CCCC(C)c1ccc2oc(-c3ccc(N=Cc4c(C)c(Cl)c(C)c([N+](=O)[O-])c4O)cc3)nc2c1. The van der Waals surface area contributed by atoms with Crippen LogP contribution in [0.1, 0.15) is 54.9 Å². The predicted octanol–water partition coefficient (Wildman–Crippen LogP) is 8.03. The summed E-state index contributed by atoms with van der Waals surface area (Å²) in [6, 6.07) is 13.4. The van der Waals surface area contributed by atoms with E-state index in [9.17, 15) is 15.2 Å². The predicted molar refractivity (Wildman–Crippen MR) is 139 cm³/mol. The maximum atomic E-state index is 11.4. The van der Waals surface area contributed by atoms with Gasteiger partial charge in [0.25, 0.3) is 0 Å². The van der Waals surface area contributed by atoms with Crippen LogP contribution in [0.25, 0.3) is 22.6 Å². The molecule has 0 radical (unpaired) electrons. The number of phenolic OH excluding ortho intramolecular Hbond substituents is 1. The lowest BCUT2D eigenvalue weighted by Gasteiger charge is -2.10. The molecule has 8 heteroatoms. The standard InChI is InChI=1S/C27H26ClN3O4/c1-5-6-15(2)19-9-12-23-22(13-19)30-27(35-23)18-7-10-20(11-8-18)29-14-21-16(3)24(28)17(4)25(26(21)32)31(33)34/h7-15,32H,5-6H2,1-4H3. The van der Waals surface area contributed by atoms with Gasteiger partial charge in [-0.05, 0) is 73.7 Å². The van der Waals surface area contributed by atoms with E-state index in [0.29, 0.717) is 23.1 Å². The highest BCUT2D eigenvalue weighted by molar-refractivity contribution is 6.33. The van der Waals surface area contributed by atoms with Crippen LogP contribution in [0.2, 0.25) is 5.02 Å². The van der Waals surface area contributed by atoms with Gasteiger partial charge in [-0.1, -0.05) is 37.9 Å². The first-order chi connectivity index (χ1) is 16.7. The van der Waals surface area contributed by atoms with Crippen molar-refractivity contribution >= 4 is 40.3 Å². The summed E-state index contributed by atoms with van der Waals surface area (Å²) in [6.07, 6.45) is 3.64. The molecule has 0 aliphatic carbocycles. The Hall–Kier alpha value is -3.71. The number of halogens is 1. The van der Waals surface area contributed by atoms with Crippen LogP contribution in [0, 0.1) is 24.0 Å². The van der Waals surface area contributed by atoms with Gasteiger partial charge in [-0.3, -0.25) is 15.1 Å². The summed E-state index contributed by atoms with van der Waals surface area (Å²) in [4.78, 5) is 19.8. The third kappa shape index (κ3) is 4.77. The third-order valence-corrected chi connectivity index (χ3v) is 6.81. The molecule has 180 valence electrons. The Bertz CT molecular complexity index is 1440. The molecule has 35 heavy (non-hydrogen) atoms. The summed E-state index contributed by atoms with van der Waals surface area (Å²) in [6.45, 7) is 7.59. The van der Waals surface area contributed by atoms with Gasteiger partial charge in [-0.15, -0.1) is 0 Å². The number of hydrogen-bond donors (Lipinski definition) is 1. The fourth-order valence-electron chi connectivity index (χ4n) is 4.17. The van der Waals surface area contributed by atoms with Crippen molar-refractivity contribution in [3.05, 3.63) is 79.9 Å². The van der Waals surface area contributed by atoms with Gasteiger partial charge >= 0.3 is 5.69 Å². The van der Waals surface area contributed by atoms with Crippen molar-refractivity contribution < 1.29 is 14.4 Å². The second-order valence-electron chi connectivity index (χ2n) is 8.67. The summed E-state index contributed by atoms with van der Waals surface area (Å²) in [5.41, 5.74) is 4.74. The number of fused-ring (bicyclic) bond motifs is 1. The second-order valence-corrected chi connectivity index (χ2v) is 9.05. The van der Waals surface area contributed by atoms with Crippen molar-refractivity contribution in [1.29, 1.82) is 0 Å². The largest absolute Gasteiger partial charge is 0.502 e. The lowest BCUT2D eigenvalue weighted by atomic mass is 9.96. The molecular formula is C27H26ClN3O4. The average molecular weight is 492 g/mol. The van der Waals surface area contributed by atoms with E-state index >= 15 is 0 Å². The monoisotopic (exact) mass is 491 g/mol. The normalized spacial score (nSPS) is 12.5. The first-order valence-corrected chi connectivity index (χ1v) is 11.8. The zero-order valence-corrected chi connectivity index (χ0v) is 20.8. The number of aromatic hydroxyl groups is 1. The Morgan fingerprint density at radius 3 is 2.57 bits per heavy atom. The minimum Gasteiger partial charge on any atom is -0.502 e. The van der Waals surface area contributed by atoms with E-state index < -0.39 is 16.4 Å². The maximum absolute atomic E-state index is 11.4. The van der Waals surface area contributed by atoms with Gasteiger partial charge < -0.3 is 9.52 Å². The topological polar surface area (TPSA) is 102 Å². The third-order valence-electron chi connectivity index (χ3n) is 6.24. The minimum absolute atomic E-state index is 0.212. The van der Waals surface area contributed by atoms with E-state index in [2.05, 4.69) is 36.0 Å². The Morgan fingerprint density at radius 2 is 1.91 bits per heavy atom. The van der Waals surface area contributed by atoms with Crippen LogP contribution in [0.5, 0.6) is 5.75 Å². The molecule has 0 amide bonds. The summed E-state index contributed by atoms with van der Waals surface area (Å²) >= 11 is 6.26. The highest BCUT2D eigenvalue weighted by Crippen LogP contribution is 2.40. The molecule has 7 nitrogen and oxygen atoms in total. The molecule has 0 fully saturated rings. The van der Waals surface area contributed by atoms with E-state index in [4.69, 9.17) is 16.0 Å². The number of rotatable bonds is 7. The molecule has 4 rings (SSSR count). The van der Waals surface area contributed by atoms with Gasteiger partial charge in [0.1, 0.15) is 5.52 Å². The number of hydrogen-bond acceptors (Lipinski definition) is 6. The van der Waals surface area contributed by atoms with Crippen LogP contribution in [0.3, 0.4) is 0 Å². The van der Waals surface area contributed by atoms with Crippen LogP contribution in [0.15, 0.2) is 51.9 Å². The van der Waals surface area contributed by atoms with Crippen molar-refractivity contribution in [2.45, 2.75) is 46.5 Å². The van der Waals surface area contributed by atoms with Gasteiger partial charge in [0.15, 0.2) is 5.58 Å². The number of nitrogens with zero attached hydrogens (tertiary/aromatic N) is 3. The Morgan fingerprint density at radius 1 is 1.20 bits per heavy atom. The molecule has 1 heterocycles. The van der Waals surface area contributed by atoms with Crippen LogP contribution >= 0.6 is 11.6 Å². The molecular weight excluding hydrogens is 466 g/mol. The van der Waals surface area contributed by atoms with E-state index in [-0.39, 0.29) is 16.1 Å². The highest BCUT2D eigenvalue weighted by Gasteiger charge is 2.25. The first-order valence-electron chi connectivity index (χ1n) is 11.4. The Kier molecular flexibility index (Phi) is 6.89. The van der Waals surface area contributed by atoms with Crippen molar-refractivity contribution in [2.75, 3.05) is 0 Å². The molecule has 0 aliphatic heterocycles. The number of oxazole rings is 1. The Labute approximate surface area is 208 Å². The summed E-state index contributed by atoms with van der Waals surface area (Å²) in [5.74, 6) is 0.536. The fourth-order valence-corrected chi connectivity index (χ4v) is 4.36. The maximum Gasteiger partial charge on any atom is 0.315 e. The molecule has 1 unspecified atom stereocenters. The molecule has 0 spiro atoms. The first kappa shape index (κ1) is 24.4. The average Bonchev–Trinajstić information content (AvgIpc) is 3.26. The van der Waals surface area contributed by atoms with E-state index in [1.54, 1.807) is 19.1 Å². The second kappa shape index (κ2) is 9.88. The van der Waals surface area contributed by atoms with Gasteiger partial charge in [0.05, 0.1) is 15.6 Å². The summed E-state index contributed by atoms with van der Waals surface area (Å²) < 4.78 is 5.95. The van der Waals surface area contributed by atoms with Gasteiger partial charge in [-0.2, -0.15) is 0 Å². The number of aromatic nitrogens is 1. The molecule has 0 bridgehead atoms.